The number of aliphatic carboxylic acids is 1. The summed E-state index contributed by atoms with van der Waals surface area (Å²) in [5.74, 6) is -1.01. The molecule has 0 aliphatic rings. The van der Waals surface area contributed by atoms with E-state index in [0.29, 0.717) is 12.0 Å². The smallest absolute Gasteiger partial charge is 0.303 e. The Morgan fingerprint density at radius 1 is 1.32 bits per heavy atom. The van der Waals surface area contributed by atoms with E-state index in [0.717, 1.165) is 15.6 Å². The summed E-state index contributed by atoms with van der Waals surface area (Å²) in [4.78, 5) is 22.6. The maximum atomic E-state index is 12.1. The van der Waals surface area contributed by atoms with Gasteiger partial charge in [0.15, 0.2) is 0 Å². The summed E-state index contributed by atoms with van der Waals surface area (Å²) in [5, 5.41) is 11.4. The molecular weight excluding hydrogens is 310 g/mol. The summed E-state index contributed by atoms with van der Waals surface area (Å²) in [6, 6.07) is 3.58. The number of carbonyl (C=O) groups is 2. The topological polar surface area (TPSA) is 66.4 Å². The molecule has 1 rings (SSSR count). The van der Waals surface area contributed by atoms with Gasteiger partial charge in [0.25, 0.3) is 5.91 Å². The molecule has 0 spiro atoms. The van der Waals surface area contributed by atoms with Crippen molar-refractivity contribution >= 4 is 27.8 Å². The Bertz CT molecular complexity index is 500. The van der Waals surface area contributed by atoms with Gasteiger partial charge < -0.3 is 10.4 Å². The van der Waals surface area contributed by atoms with Crippen molar-refractivity contribution in [2.45, 2.75) is 39.7 Å². The Kier molecular flexibility index (Phi) is 5.54. The van der Waals surface area contributed by atoms with Gasteiger partial charge in [-0.1, -0.05) is 15.9 Å². The van der Waals surface area contributed by atoms with E-state index in [2.05, 4.69) is 21.2 Å². The Balaban J connectivity index is 2.73. The molecule has 0 aromatic heterocycles. The summed E-state index contributed by atoms with van der Waals surface area (Å²) in [6.45, 7) is 5.61. The van der Waals surface area contributed by atoms with Gasteiger partial charge in [0, 0.05) is 22.5 Å². The van der Waals surface area contributed by atoms with Gasteiger partial charge in [-0.05, 0) is 50.5 Å². The van der Waals surface area contributed by atoms with Crippen LogP contribution in [0.4, 0.5) is 0 Å². The van der Waals surface area contributed by atoms with Crippen LogP contribution in [-0.4, -0.2) is 23.0 Å². The summed E-state index contributed by atoms with van der Waals surface area (Å²) >= 11 is 3.42. The van der Waals surface area contributed by atoms with Gasteiger partial charge in [0.05, 0.1) is 0 Å². The van der Waals surface area contributed by atoms with Crippen molar-refractivity contribution in [2.24, 2.45) is 0 Å². The first-order chi connectivity index (χ1) is 8.81. The van der Waals surface area contributed by atoms with E-state index < -0.39 is 5.97 Å². The third kappa shape index (κ3) is 4.67. The van der Waals surface area contributed by atoms with Crippen LogP contribution in [0.1, 0.15) is 41.3 Å². The van der Waals surface area contributed by atoms with Crippen LogP contribution in [-0.2, 0) is 4.79 Å². The number of amides is 1. The molecule has 0 bridgehead atoms. The van der Waals surface area contributed by atoms with Crippen LogP contribution < -0.4 is 5.32 Å². The van der Waals surface area contributed by atoms with Crippen molar-refractivity contribution in [2.75, 3.05) is 0 Å². The fraction of sp³-hybridized carbons (Fsp3) is 0.429. The molecule has 0 aliphatic heterocycles. The minimum Gasteiger partial charge on any atom is -0.481 e. The number of carbonyl (C=O) groups excluding carboxylic acids is 1. The minimum atomic E-state index is -0.850. The molecule has 0 radical (unpaired) electrons. The average molecular weight is 328 g/mol. The Morgan fingerprint density at radius 3 is 2.53 bits per heavy atom. The molecule has 0 saturated heterocycles. The maximum Gasteiger partial charge on any atom is 0.303 e. The number of benzene rings is 1. The molecule has 1 aromatic rings. The molecule has 0 saturated carbocycles. The van der Waals surface area contributed by atoms with Gasteiger partial charge in [-0.25, -0.2) is 0 Å². The predicted octanol–water partition coefficient (Wildman–Crippen LogP) is 3.05. The second-order valence-electron chi connectivity index (χ2n) is 4.72. The van der Waals surface area contributed by atoms with Crippen LogP contribution >= 0.6 is 15.9 Å². The normalized spacial score (nSPS) is 12.0. The lowest BCUT2D eigenvalue weighted by Crippen LogP contribution is -2.33. The third-order valence-corrected chi connectivity index (χ3v) is 3.77. The molecule has 19 heavy (non-hydrogen) atoms. The van der Waals surface area contributed by atoms with E-state index in [1.54, 1.807) is 0 Å². The van der Waals surface area contributed by atoms with Crippen LogP contribution in [0.25, 0.3) is 0 Å². The first kappa shape index (κ1) is 15.7. The fourth-order valence-corrected chi connectivity index (χ4v) is 2.20. The first-order valence-corrected chi connectivity index (χ1v) is 6.90. The van der Waals surface area contributed by atoms with Gasteiger partial charge in [0.2, 0.25) is 0 Å². The quantitative estimate of drug-likeness (QED) is 0.873. The van der Waals surface area contributed by atoms with Crippen LogP contribution in [0.5, 0.6) is 0 Å². The van der Waals surface area contributed by atoms with Gasteiger partial charge in [-0.15, -0.1) is 0 Å². The predicted molar refractivity (Wildman–Crippen MR) is 77.4 cm³/mol. The molecule has 0 heterocycles. The highest BCUT2D eigenvalue weighted by Crippen LogP contribution is 2.21. The molecule has 1 atom stereocenters. The second kappa shape index (κ2) is 6.70. The van der Waals surface area contributed by atoms with Crippen molar-refractivity contribution in [3.05, 3.63) is 33.3 Å². The molecule has 0 aliphatic carbocycles. The fourth-order valence-electron chi connectivity index (χ4n) is 1.74. The van der Waals surface area contributed by atoms with Crippen molar-refractivity contribution in [1.29, 1.82) is 0 Å². The number of carboxylic acids is 1. The SMILES string of the molecule is Cc1cc(C(=O)NC(C)CCC(=O)O)c(C)cc1Br. The molecule has 104 valence electrons. The standard InChI is InChI=1S/C14H18BrNO3/c1-8-7-12(15)9(2)6-11(8)14(19)16-10(3)4-5-13(17)18/h6-7,10H,4-5H2,1-3H3,(H,16,19)(H,17,18). The Labute approximate surface area is 121 Å². The largest absolute Gasteiger partial charge is 0.481 e. The highest BCUT2D eigenvalue weighted by molar-refractivity contribution is 9.10. The van der Waals surface area contributed by atoms with Crippen LogP contribution in [0, 0.1) is 13.8 Å². The molecule has 1 amide bonds. The van der Waals surface area contributed by atoms with Crippen molar-refractivity contribution in [3.63, 3.8) is 0 Å². The molecule has 5 heteroatoms. The van der Waals surface area contributed by atoms with Gasteiger partial charge in [-0.3, -0.25) is 9.59 Å². The van der Waals surface area contributed by atoms with E-state index in [9.17, 15) is 9.59 Å². The molecule has 0 fully saturated rings. The molecule has 1 aromatic carbocycles. The number of nitrogens with one attached hydrogen (secondary N) is 1. The summed E-state index contributed by atoms with van der Waals surface area (Å²) < 4.78 is 0.973. The molecular formula is C14H18BrNO3. The average Bonchev–Trinajstić information content (AvgIpc) is 2.31. The Morgan fingerprint density at radius 2 is 1.95 bits per heavy atom. The molecule has 2 N–H and O–H groups in total. The second-order valence-corrected chi connectivity index (χ2v) is 5.58. The number of hydrogen-bond acceptors (Lipinski definition) is 2. The van der Waals surface area contributed by atoms with Crippen LogP contribution in [0.15, 0.2) is 16.6 Å². The van der Waals surface area contributed by atoms with Gasteiger partial charge >= 0.3 is 5.97 Å². The van der Waals surface area contributed by atoms with E-state index >= 15 is 0 Å². The van der Waals surface area contributed by atoms with Crippen LogP contribution in [0.3, 0.4) is 0 Å². The van der Waals surface area contributed by atoms with Crippen molar-refractivity contribution < 1.29 is 14.7 Å². The Hall–Kier alpha value is -1.36. The maximum absolute atomic E-state index is 12.1. The van der Waals surface area contributed by atoms with Gasteiger partial charge in [-0.2, -0.15) is 0 Å². The van der Waals surface area contributed by atoms with E-state index in [1.807, 2.05) is 32.9 Å². The third-order valence-electron chi connectivity index (χ3n) is 2.92. The van der Waals surface area contributed by atoms with Crippen molar-refractivity contribution in [3.8, 4) is 0 Å². The summed E-state index contributed by atoms with van der Waals surface area (Å²) in [7, 11) is 0. The van der Waals surface area contributed by atoms with Crippen LogP contribution in [0.2, 0.25) is 0 Å². The lowest BCUT2D eigenvalue weighted by molar-refractivity contribution is -0.137. The number of rotatable bonds is 5. The lowest BCUT2D eigenvalue weighted by atomic mass is 10.0. The summed E-state index contributed by atoms with van der Waals surface area (Å²) in [6.07, 6.45) is 0.482. The zero-order valence-corrected chi connectivity index (χ0v) is 12.9. The number of carboxylic acid groups (broad SMARTS) is 1. The highest BCUT2D eigenvalue weighted by atomic mass is 79.9. The zero-order valence-electron chi connectivity index (χ0n) is 11.3. The first-order valence-electron chi connectivity index (χ1n) is 6.10. The number of hydrogen-bond donors (Lipinski definition) is 2. The lowest BCUT2D eigenvalue weighted by Gasteiger charge is -2.15. The zero-order chi connectivity index (χ0) is 14.6. The number of aryl methyl sites for hydroxylation is 2. The van der Waals surface area contributed by atoms with Crippen molar-refractivity contribution in [1.82, 2.24) is 5.32 Å². The highest BCUT2D eigenvalue weighted by Gasteiger charge is 2.14. The van der Waals surface area contributed by atoms with E-state index in [4.69, 9.17) is 5.11 Å². The number of halogens is 1. The van der Waals surface area contributed by atoms with E-state index in [1.165, 1.54) is 0 Å². The van der Waals surface area contributed by atoms with Gasteiger partial charge in [0.1, 0.15) is 0 Å². The van der Waals surface area contributed by atoms with E-state index in [-0.39, 0.29) is 18.4 Å². The minimum absolute atomic E-state index is 0.0554. The molecule has 1 unspecified atom stereocenters. The monoisotopic (exact) mass is 327 g/mol. The molecule has 4 nitrogen and oxygen atoms in total. The summed E-state index contributed by atoms with van der Waals surface area (Å²) in [5.41, 5.74) is 2.51.